The van der Waals surface area contributed by atoms with Crippen molar-refractivity contribution in [2.75, 3.05) is 5.32 Å². The number of halogens is 3. The van der Waals surface area contributed by atoms with Gasteiger partial charge in [-0.15, -0.1) is 0 Å². The second-order valence-electron chi connectivity index (χ2n) is 5.64. The smallest absolute Gasteiger partial charge is 0.226 e. The van der Waals surface area contributed by atoms with Gasteiger partial charge in [0.1, 0.15) is 5.82 Å². The molecule has 2 N–H and O–H groups in total. The summed E-state index contributed by atoms with van der Waals surface area (Å²) in [5.41, 5.74) is 1.89. The second kappa shape index (κ2) is 8.45. The molecule has 0 radical (unpaired) electrons. The maximum absolute atomic E-state index is 13.5. The van der Waals surface area contributed by atoms with E-state index in [2.05, 4.69) is 26.6 Å². The molecular weight excluding hydrogens is 411 g/mol. The predicted octanol–water partition coefficient (Wildman–Crippen LogP) is 4.76. The molecule has 4 nitrogen and oxygen atoms in total. The van der Waals surface area contributed by atoms with E-state index < -0.39 is 11.9 Å². The number of hydrogen-bond donors (Lipinski definition) is 2. The Hall–Kier alpha value is -1.92. The monoisotopic (exact) mass is 426 g/mol. The zero-order chi connectivity index (χ0) is 18.6. The van der Waals surface area contributed by atoms with E-state index in [1.54, 1.807) is 31.2 Å². The van der Waals surface area contributed by atoms with Crippen LogP contribution in [0.2, 0.25) is 5.02 Å². The Morgan fingerprint density at radius 3 is 2.48 bits per heavy atom. The number of anilines is 1. The maximum Gasteiger partial charge on any atom is 0.226 e. The van der Waals surface area contributed by atoms with Crippen molar-refractivity contribution < 1.29 is 14.0 Å². The van der Waals surface area contributed by atoms with E-state index >= 15 is 0 Å². The number of carbonyl (C=O) groups is 2. The lowest BCUT2D eigenvalue weighted by Crippen LogP contribution is -2.29. The van der Waals surface area contributed by atoms with E-state index in [1.807, 2.05) is 0 Å². The molecule has 2 amide bonds. The van der Waals surface area contributed by atoms with Crippen molar-refractivity contribution in [2.45, 2.75) is 26.3 Å². The van der Waals surface area contributed by atoms with Crippen LogP contribution in [0.4, 0.5) is 10.1 Å². The maximum atomic E-state index is 13.5. The van der Waals surface area contributed by atoms with Crippen molar-refractivity contribution in [3.63, 3.8) is 0 Å². The molecule has 132 valence electrons. The van der Waals surface area contributed by atoms with Crippen LogP contribution in [0, 0.1) is 12.7 Å². The van der Waals surface area contributed by atoms with E-state index in [0.717, 1.165) is 5.56 Å². The van der Waals surface area contributed by atoms with Gasteiger partial charge in [0.05, 0.1) is 16.9 Å². The zero-order valence-electron chi connectivity index (χ0n) is 13.7. The quantitative estimate of drug-likeness (QED) is 0.723. The van der Waals surface area contributed by atoms with Crippen LogP contribution in [0.25, 0.3) is 0 Å². The third kappa shape index (κ3) is 5.54. The minimum absolute atomic E-state index is 0.0373. The number of nitrogens with one attached hydrogen (secondary N) is 2. The fraction of sp³-hybridized carbons (Fsp3) is 0.222. The second-order valence-corrected chi connectivity index (χ2v) is 6.93. The predicted molar refractivity (Wildman–Crippen MR) is 100 cm³/mol. The molecule has 0 aliphatic rings. The van der Waals surface area contributed by atoms with Gasteiger partial charge in [-0.2, -0.15) is 0 Å². The molecule has 0 saturated carbocycles. The molecule has 2 aromatic rings. The molecule has 0 spiro atoms. The number of carbonyl (C=O) groups excluding carboxylic acids is 2. The van der Waals surface area contributed by atoms with Gasteiger partial charge in [-0.3, -0.25) is 9.59 Å². The number of rotatable bonds is 5. The lowest BCUT2D eigenvalue weighted by atomic mass is 10.0. The van der Waals surface area contributed by atoms with Crippen molar-refractivity contribution in [1.82, 2.24) is 5.32 Å². The third-order valence-electron chi connectivity index (χ3n) is 3.58. The molecule has 0 saturated heterocycles. The molecule has 1 unspecified atom stereocenters. The molecule has 0 aromatic heterocycles. The summed E-state index contributed by atoms with van der Waals surface area (Å²) in [5.74, 6) is -0.934. The topological polar surface area (TPSA) is 58.2 Å². The zero-order valence-corrected chi connectivity index (χ0v) is 16.0. The van der Waals surface area contributed by atoms with Crippen LogP contribution >= 0.6 is 27.5 Å². The molecule has 0 bridgehead atoms. The van der Waals surface area contributed by atoms with Gasteiger partial charge in [-0.1, -0.05) is 23.7 Å². The highest BCUT2D eigenvalue weighted by molar-refractivity contribution is 9.10. The summed E-state index contributed by atoms with van der Waals surface area (Å²) >= 11 is 8.98. The Kier molecular flexibility index (Phi) is 6.56. The molecule has 1 atom stereocenters. The summed E-state index contributed by atoms with van der Waals surface area (Å²) in [4.78, 5) is 23.8. The highest BCUT2D eigenvalue weighted by atomic mass is 79.9. The Morgan fingerprint density at radius 2 is 1.88 bits per heavy atom. The van der Waals surface area contributed by atoms with Crippen LogP contribution in [0.1, 0.15) is 30.5 Å². The van der Waals surface area contributed by atoms with Crippen LogP contribution in [0.15, 0.2) is 40.9 Å². The van der Waals surface area contributed by atoms with Crippen molar-refractivity contribution in [3.8, 4) is 0 Å². The van der Waals surface area contributed by atoms with Gasteiger partial charge in [-0.05, 0) is 58.2 Å². The highest BCUT2D eigenvalue weighted by Gasteiger charge is 2.18. The fourth-order valence-corrected chi connectivity index (χ4v) is 2.83. The van der Waals surface area contributed by atoms with Crippen molar-refractivity contribution in [3.05, 3.63) is 62.8 Å². The number of benzene rings is 2. The standard InChI is InChI=1S/C18H17BrClFN2O2/c1-10-7-15(21)14(19)8-16(10)23-18(25)9-17(22-11(2)24)12-3-5-13(20)6-4-12/h3-8,17H,9H2,1-2H3,(H,22,24)(H,23,25). The average molecular weight is 428 g/mol. The van der Waals surface area contributed by atoms with Crippen LogP contribution in [0.5, 0.6) is 0 Å². The Labute approximate surface area is 158 Å². The van der Waals surface area contributed by atoms with Crippen molar-refractivity contribution in [1.29, 1.82) is 0 Å². The molecule has 0 heterocycles. The van der Waals surface area contributed by atoms with E-state index in [0.29, 0.717) is 16.3 Å². The van der Waals surface area contributed by atoms with Gasteiger partial charge in [0, 0.05) is 17.6 Å². The number of amides is 2. The molecular formula is C18H17BrClFN2O2. The number of aryl methyl sites for hydroxylation is 1. The largest absolute Gasteiger partial charge is 0.349 e. The van der Waals surface area contributed by atoms with Crippen LogP contribution in [-0.2, 0) is 9.59 Å². The minimum Gasteiger partial charge on any atom is -0.349 e. The molecule has 2 aromatic carbocycles. The first-order valence-corrected chi connectivity index (χ1v) is 8.71. The van der Waals surface area contributed by atoms with E-state index in [1.165, 1.54) is 19.1 Å². The fourth-order valence-electron chi connectivity index (χ4n) is 2.36. The highest BCUT2D eigenvalue weighted by Crippen LogP contribution is 2.25. The van der Waals surface area contributed by atoms with Gasteiger partial charge in [0.15, 0.2) is 0 Å². The first kappa shape index (κ1) is 19.4. The minimum atomic E-state index is -0.487. The lowest BCUT2D eigenvalue weighted by Gasteiger charge is -2.19. The summed E-state index contributed by atoms with van der Waals surface area (Å²) in [6.45, 7) is 3.09. The Balaban J connectivity index is 2.15. The first-order valence-electron chi connectivity index (χ1n) is 7.54. The average Bonchev–Trinajstić information content (AvgIpc) is 2.52. The molecule has 0 aliphatic carbocycles. The summed E-state index contributed by atoms with van der Waals surface area (Å²) in [6.07, 6.45) is 0.0373. The van der Waals surface area contributed by atoms with Gasteiger partial charge < -0.3 is 10.6 Å². The summed E-state index contributed by atoms with van der Waals surface area (Å²) in [5, 5.41) is 6.08. The SMILES string of the molecule is CC(=O)NC(CC(=O)Nc1cc(Br)c(F)cc1C)c1ccc(Cl)cc1. The van der Waals surface area contributed by atoms with Crippen LogP contribution in [-0.4, -0.2) is 11.8 Å². The van der Waals surface area contributed by atoms with Crippen LogP contribution < -0.4 is 10.6 Å². The number of hydrogen-bond acceptors (Lipinski definition) is 2. The summed E-state index contributed by atoms with van der Waals surface area (Å²) in [6, 6.07) is 9.28. The van der Waals surface area contributed by atoms with E-state index in [9.17, 15) is 14.0 Å². The molecule has 7 heteroatoms. The summed E-state index contributed by atoms with van der Waals surface area (Å²) in [7, 11) is 0. The van der Waals surface area contributed by atoms with Gasteiger partial charge in [-0.25, -0.2) is 4.39 Å². The Bertz CT molecular complexity index is 796. The third-order valence-corrected chi connectivity index (χ3v) is 4.44. The molecule has 25 heavy (non-hydrogen) atoms. The lowest BCUT2D eigenvalue weighted by molar-refractivity contribution is -0.120. The molecule has 0 aliphatic heterocycles. The normalized spacial score (nSPS) is 11.7. The van der Waals surface area contributed by atoms with Gasteiger partial charge >= 0.3 is 0 Å². The Morgan fingerprint density at radius 1 is 1.24 bits per heavy atom. The molecule has 2 rings (SSSR count). The first-order chi connectivity index (χ1) is 11.8. The van der Waals surface area contributed by atoms with Crippen LogP contribution in [0.3, 0.4) is 0 Å². The summed E-state index contributed by atoms with van der Waals surface area (Å²) < 4.78 is 13.8. The van der Waals surface area contributed by atoms with E-state index in [-0.39, 0.29) is 22.7 Å². The molecule has 0 fully saturated rings. The van der Waals surface area contributed by atoms with E-state index in [4.69, 9.17) is 11.6 Å². The van der Waals surface area contributed by atoms with Crippen molar-refractivity contribution >= 4 is 45.0 Å². The van der Waals surface area contributed by atoms with Gasteiger partial charge in [0.2, 0.25) is 11.8 Å². The van der Waals surface area contributed by atoms with Crippen molar-refractivity contribution in [2.24, 2.45) is 0 Å². The van der Waals surface area contributed by atoms with Gasteiger partial charge in [0.25, 0.3) is 0 Å².